The molecule has 116 valence electrons. The summed E-state index contributed by atoms with van der Waals surface area (Å²) in [4.78, 5) is 33.1. The maximum Gasteiger partial charge on any atom is 0.407 e. The molecule has 0 heterocycles. The zero-order chi connectivity index (χ0) is 15.9. The number of carboxylic acid groups (broad SMARTS) is 2. The number of carboxylic acids is 2. The van der Waals surface area contributed by atoms with Crippen LogP contribution in [-0.2, 0) is 14.3 Å². The molecule has 0 aromatic carbocycles. The molecule has 0 aliphatic carbocycles. The van der Waals surface area contributed by atoms with Crippen LogP contribution in [0.1, 0.15) is 47.0 Å². The lowest BCUT2D eigenvalue weighted by molar-refractivity contribution is -0.154. The number of amides is 1. The first-order valence-corrected chi connectivity index (χ1v) is 6.52. The molecule has 0 radical (unpaired) electrons. The lowest BCUT2D eigenvalue weighted by Crippen LogP contribution is -2.39. The van der Waals surface area contributed by atoms with Gasteiger partial charge in [0.1, 0.15) is 5.60 Å². The van der Waals surface area contributed by atoms with Crippen LogP contribution in [0.15, 0.2) is 0 Å². The van der Waals surface area contributed by atoms with Crippen molar-refractivity contribution in [1.82, 2.24) is 5.32 Å². The van der Waals surface area contributed by atoms with Crippen LogP contribution in [0.5, 0.6) is 0 Å². The summed E-state index contributed by atoms with van der Waals surface area (Å²) in [6.45, 7) is 7.02. The minimum absolute atomic E-state index is 0.0427. The topological polar surface area (TPSA) is 113 Å². The van der Waals surface area contributed by atoms with Crippen LogP contribution < -0.4 is 5.32 Å². The highest BCUT2D eigenvalue weighted by atomic mass is 16.6. The van der Waals surface area contributed by atoms with E-state index in [-0.39, 0.29) is 18.9 Å². The summed E-state index contributed by atoms with van der Waals surface area (Å²) in [5, 5.41) is 20.2. The van der Waals surface area contributed by atoms with E-state index in [2.05, 4.69) is 5.32 Å². The first kappa shape index (κ1) is 18.2. The van der Waals surface area contributed by atoms with Crippen LogP contribution in [-0.4, -0.2) is 39.9 Å². The molecule has 0 aliphatic heterocycles. The van der Waals surface area contributed by atoms with Crippen molar-refractivity contribution in [3.63, 3.8) is 0 Å². The normalized spacial score (nSPS) is 12.8. The monoisotopic (exact) mass is 289 g/mol. The third-order valence-electron chi connectivity index (χ3n) is 2.61. The minimum atomic E-state index is -1.45. The highest BCUT2D eigenvalue weighted by Crippen LogP contribution is 2.13. The largest absolute Gasteiger partial charge is 0.481 e. The molecule has 7 nitrogen and oxygen atoms in total. The van der Waals surface area contributed by atoms with Gasteiger partial charge in [0, 0.05) is 6.04 Å². The van der Waals surface area contributed by atoms with Crippen LogP contribution in [0.2, 0.25) is 0 Å². The Kier molecular flexibility index (Phi) is 7.02. The summed E-state index contributed by atoms with van der Waals surface area (Å²) in [6, 6.07) is -0.314. The van der Waals surface area contributed by atoms with Gasteiger partial charge in [0.05, 0.1) is 0 Å². The first-order chi connectivity index (χ1) is 9.06. The van der Waals surface area contributed by atoms with Gasteiger partial charge in [-0.1, -0.05) is 6.92 Å². The summed E-state index contributed by atoms with van der Waals surface area (Å²) in [5.41, 5.74) is -0.618. The number of nitrogens with one attached hydrogen (secondary N) is 1. The Hall–Kier alpha value is -1.79. The molecular formula is C13H23NO6. The molecule has 0 aliphatic rings. The molecule has 20 heavy (non-hydrogen) atoms. The van der Waals surface area contributed by atoms with Gasteiger partial charge in [-0.15, -0.1) is 0 Å². The van der Waals surface area contributed by atoms with E-state index < -0.39 is 29.6 Å². The van der Waals surface area contributed by atoms with Crippen molar-refractivity contribution in [2.24, 2.45) is 5.92 Å². The molecule has 0 bridgehead atoms. The number of hydrogen-bond donors (Lipinski definition) is 3. The fraction of sp³-hybridized carbons (Fsp3) is 0.769. The van der Waals surface area contributed by atoms with E-state index in [0.29, 0.717) is 6.42 Å². The van der Waals surface area contributed by atoms with Crippen molar-refractivity contribution in [3.05, 3.63) is 0 Å². The SMILES string of the molecule is CCC(CCC(C(=O)O)C(=O)O)NC(=O)OC(C)(C)C. The molecular weight excluding hydrogens is 266 g/mol. The smallest absolute Gasteiger partial charge is 0.407 e. The van der Waals surface area contributed by atoms with Crippen molar-refractivity contribution >= 4 is 18.0 Å². The third kappa shape index (κ3) is 7.60. The average Bonchev–Trinajstić information content (AvgIpc) is 2.23. The average molecular weight is 289 g/mol. The second kappa shape index (κ2) is 7.72. The molecule has 3 N–H and O–H groups in total. The molecule has 0 fully saturated rings. The number of hydrogen-bond acceptors (Lipinski definition) is 4. The van der Waals surface area contributed by atoms with E-state index >= 15 is 0 Å². The number of aliphatic carboxylic acids is 2. The van der Waals surface area contributed by atoms with Gasteiger partial charge in [-0.2, -0.15) is 0 Å². The summed E-state index contributed by atoms with van der Waals surface area (Å²) in [6.07, 6.45) is 0.190. The van der Waals surface area contributed by atoms with Crippen molar-refractivity contribution in [3.8, 4) is 0 Å². The minimum Gasteiger partial charge on any atom is -0.481 e. The quantitative estimate of drug-likeness (QED) is 0.616. The van der Waals surface area contributed by atoms with Crippen LogP contribution in [0.3, 0.4) is 0 Å². The lowest BCUT2D eigenvalue weighted by Gasteiger charge is -2.23. The number of ether oxygens (including phenoxy) is 1. The zero-order valence-electron chi connectivity index (χ0n) is 12.3. The maximum absolute atomic E-state index is 11.6. The zero-order valence-corrected chi connectivity index (χ0v) is 12.3. The van der Waals surface area contributed by atoms with Crippen molar-refractivity contribution in [2.45, 2.75) is 58.6 Å². The van der Waals surface area contributed by atoms with Gasteiger partial charge in [-0.3, -0.25) is 9.59 Å². The predicted octanol–water partition coefficient (Wildman–Crippen LogP) is 1.86. The number of rotatable bonds is 7. The third-order valence-corrected chi connectivity index (χ3v) is 2.61. The molecule has 7 heteroatoms. The summed E-state index contributed by atoms with van der Waals surface area (Å²) >= 11 is 0. The van der Waals surface area contributed by atoms with E-state index in [1.165, 1.54) is 0 Å². The Balaban J connectivity index is 4.38. The van der Waals surface area contributed by atoms with Gasteiger partial charge in [-0.05, 0) is 40.0 Å². The molecule has 1 amide bonds. The number of carbonyl (C=O) groups is 3. The Morgan fingerprint density at radius 2 is 1.60 bits per heavy atom. The van der Waals surface area contributed by atoms with Gasteiger partial charge in [0.2, 0.25) is 0 Å². The van der Waals surface area contributed by atoms with Gasteiger partial charge in [0.25, 0.3) is 0 Å². The van der Waals surface area contributed by atoms with E-state index in [1.807, 2.05) is 6.92 Å². The van der Waals surface area contributed by atoms with Gasteiger partial charge in [-0.25, -0.2) is 4.79 Å². The summed E-state index contributed by atoms with van der Waals surface area (Å²) in [5.74, 6) is -4.20. The fourth-order valence-corrected chi connectivity index (χ4v) is 1.57. The molecule has 0 saturated heterocycles. The summed E-state index contributed by atoms with van der Waals surface area (Å²) in [7, 11) is 0. The number of alkyl carbamates (subject to hydrolysis) is 1. The van der Waals surface area contributed by atoms with E-state index in [0.717, 1.165) is 0 Å². The molecule has 1 unspecified atom stereocenters. The Morgan fingerprint density at radius 1 is 1.10 bits per heavy atom. The second-order valence-electron chi connectivity index (χ2n) is 5.56. The van der Waals surface area contributed by atoms with Crippen molar-refractivity contribution in [1.29, 1.82) is 0 Å². The van der Waals surface area contributed by atoms with E-state index in [9.17, 15) is 14.4 Å². The molecule has 1 atom stereocenters. The second-order valence-corrected chi connectivity index (χ2v) is 5.56. The van der Waals surface area contributed by atoms with Gasteiger partial charge < -0.3 is 20.3 Å². The van der Waals surface area contributed by atoms with Crippen LogP contribution >= 0.6 is 0 Å². The van der Waals surface area contributed by atoms with E-state index in [4.69, 9.17) is 14.9 Å². The Bertz CT molecular complexity index is 346. The maximum atomic E-state index is 11.6. The highest BCUT2D eigenvalue weighted by molar-refractivity contribution is 5.92. The highest BCUT2D eigenvalue weighted by Gasteiger charge is 2.27. The molecule has 0 rings (SSSR count). The Labute approximate surface area is 118 Å². The molecule has 0 aromatic heterocycles. The Morgan fingerprint density at radius 3 is 1.95 bits per heavy atom. The van der Waals surface area contributed by atoms with Gasteiger partial charge in [0.15, 0.2) is 5.92 Å². The predicted molar refractivity (Wildman–Crippen MR) is 71.4 cm³/mol. The van der Waals surface area contributed by atoms with Crippen LogP contribution in [0, 0.1) is 5.92 Å². The lowest BCUT2D eigenvalue weighted by atomic mass is 9.99. The number of carbonyl (C=O) groups excluding carboxylic acids is 1. The van der Waals surface area contributed by atoms with Crippen molar-refractivity contribution in [2.75, 3.05) is 0 Å². The standard InChI is InChI=1S/C13H23NO6/c1-5-8(14-12(19)20-13(2,3)4)6-7-9(10(15)16)11(17)18/h8-9H,5-7H2,1-4H3,(H,14,19)(H,15,16)(H,17,18). The summed E-state index contributed by atoms with van der Waals surface area (Å²) < 4.78 is 5.09. The fourth-order valence-electron chi connectivity index (χ4n) is 1.57. The molecule has 0 spiro atoms. The van der Waals surface area contributed by atoms with Crippen LogP contribution in [0.25, 0.3) is 0 Å². The van der Waals surface area contributed by atoms with E-state index in [1.54, 1.807) is 20.8 Å². The van der Waals surface area contributed by atoms with Crippen LogP contribution in [0.4, 0.5) is 4.79 Å². The van der Waals surface area contributed by atoms with Crippen molar-refractivity contribution < 1.29 is 29.3 Å². The molecule has 0 saturated carbocycles. The van der Waals surface area contributed by atoms with Gasteiger partial charge >= 0.3 is 18.0 Å². The first-order valence-electron chi connectivity index (χ1n) is 6.52. The molecule has 0 aromatic rings.